The van der Waals surface area contributed by atoms with Gasteiger partial charge in [0.2, 0.25) is 0 Å². The van der Waals surface area contributed by atoms with Crippen molar-refractivity contribution < 1.29 is 0 Å². The van der Waals surface area contributed by atoms with E-state index in [9.17, 15) is 0 Å². The van der Waals surface area contributed by atoms with Gasteiger partial charge in [-0.05, 0) is 39.3 Å². The highest BCUT2D eigenvalue weighted by Crippen LogP contribution is 2.36. The highest BCUT2D eigenvalue weighted by Gasteiger charge is 2.28. The van der Waals surface area contributed by atoms with Crippen LogP contribution in [0.5, 0.6) is 0 Å². The van der Waals surface area contributed by atoms with Gasteiger partial charge in [0.15, 0.2) is 0 Å². The molecule has 0 radical (unpaired) electrons. The molecule has 0 aromatic carbocycles. The molecule has 1 aliphatic rings. The van der Waals surface area contributed by atoms with Crippen LogP contribution in [0.3, 0.4) is 0 Å². The van der Waals surface area contributed by atoms with Crippen LogP contribution >= 0.6 is 0 Å². The van der Waals surface area contributed by atoms with Gasteiger partial charge in [-0.2, -0.15) is 0 Å². The SMILES string of the molecule is CC(CN(C)C)NCC1(C)CCCC1. The lowest BCUT2D eigenvalue weighted by Crippen LogP contribution is -2.40. The van der Waals surface area contributed by atoms with Crippen molar-refractivity contribution in [2.75, 3.05) is 27.2 Å². The summed E-state index contributed by atoms with van der Waals surface area (Å²) in [5, 5.41) is 3.65. The van der Waals surface area contributed by atoms with Gasteiger partial charge in [0, 0.05) is 19.1 Å². The zero-order valence-corrected chi connectivity index (χ0v) is 10.3. The number of hydrogen-bond acceptors (Lipinski definition) is 2. The topological polar surface area (TPSA) is 15.3 Å². The van der Waals surface area contributed by atoms with Gasteiger partial charge in [-0.1, -0.05) is 19.8 Å². The minimum absolute atomic E-state index is 0.584. The number of hydrogen-bond donors (Lipinski definition) is 1. The normalized spacial score (nSPS) is 22.9. The molecule has 14 heavy (non-hydrogen) atoms. The molecule has 84 valence electrons. The lowest BCUT2D eigenvalue weighted by atomic mass is 9.89. The van der Waals surface area contributed by atoms with Crippen molar-refractivity contribution in [1.82, 2.24) is 10.2 Å². The molecular formula is C12H26N2. The third-order valence-electron chi connectivity index (χ3n) is 3.33. The van der Waals surface area contributed by atoms with Crippen LogP contribution in [-0.2, 0) is 0 Å². The first-order valence-electron chi connectivity index (χ1n) is 5.90. The standard InChI is InChI=1S/C12H26N2/c1-11(9-14(3)4)13-10-12(2)7-5-6-8-12/h11,13H,5-10H2,1-4H3. The van der Waals surface area contributed by atoms with Gasteiger partial charge >= 0.3 is 0 Å². The summed E-state index contributed by atoms with van der Waals surface area (Å²) in [5.41, 5.74) is 0.584. The summed E-state index contributed by atoms with van der Waals surface area (Å²) in [6, 6.07) is 0.613. The molecule has 0 spiro atoms. The Kier molecular flexibility index (Phi) is 4.39. The zero-order chi connectivity index (χ0) is 10.6. The highest BCUT2D eigenvalue weighted by molar-refractivity contribution is 4.83. The van der Waals surface area contributed by atoms with Crippen molar-refractivity contribution in [2.24, 2.45) is 5.41 Å². The molecule has 0 amide bonds. The van der Waals surface area contributed by atoms with Crippen LogP contribution in [0.1, 0.15) is 39.5 Å². The van der Waals surface area contributed by atoms with Crippen molar-refractivity contribution >= 4 is 0 Å². The van der Waals surface area contributed by atoms with Crippen molar-refractivity contribution in [1.29, 1.82) is 0 Å². The van der Waals surface area contributed by atoms with E-state index in [2.05, 4.69) is 38.2 Å². The average Bonchev–Trinajstić information content (AvgIpc) is 2.49. The van der Waals surface area contributed by atoms with Crippen LogP contribution < -0.4 is 5.32 Å². The van der Waals surface area contributed by atoms with E-state index in [1.807, 2.05) is 0 Å². The molecule has 1 fully saturated rings. The number of nitrogens with one attached hydrogen (secondary N) is 1. The number of rotatable bonds is 5. The largest absolute Gasteiger partial charge is 0.312 e. The van der Waals surface area contributed by atoms with Crippen molar-refractivity contribution in [3.63, 3.8) is 0 Å². The monoisotopic (exact) mass is 198 g/mol. The predicted octanol–water partition coefficient (Wildman–Crippen LogP) is 2.11. The van der Waals surface area contributed by atoms with Gasteiger partial charge in [-0.3, -0.25) is 0 Å². The van der Waals surface area contributed by atoms with E-state index in [0.717, 1.165) is 6.54 Å². The fourth-order valence-corrected chi connectivity index (χ4v) is 2.44. The maximum Gasteiger partial charge on any atom is 0.0166 e. The van der Waals surface area contributed by atoms with Crippen LogP contribution in [-0.4, -0.2) is 38.1 Å². The molecule has 0 aliphatic heterocycles. The van der Waals surface area contributed by atoms with E-state index in [1.54, 1.807) is 0 Å². The quantitative estimate of drug-likeness (QED) is 0.728. The first-order valence-corrected chi connectivity index (χ1v) is 5.90. The summed E-state index contributed by atoms with van der Waals surface area (Å²) in [4.78, 5) is 2.24. The Bertz CT molecular complexity index is 160. The number of likely N-dealkylation sites (N-methyl/N-ethyl adjacent to an activating group) is 1. The third-order valence-corrected chi connectivity index (χ3v) is 3.33. The van der Waals surface area contributed by atoms with E-state index in [-0.39, 0.29) is 0 Å². The first kappa shape index (κ1) is 12.0. The van der Waals surface area contributed by atoms with Crippen LogP contribution in [0.2, 0.25) is 0 Å². The molecule has 0 saturated heterocycles. The third kappa shape index (κ3) is 3.97. The van der Waals surface area contributed by atoms with Crippen LogP contribution in [0.15, 0.2) is 0 Å². The first-order chi connectivity index (χ1) is 6.52. The summed E-state index contributed by atoms with van der Waals surface area (Å²) in [5.74, 6) is 0. The second kappa shape index (κ2) is 5.13. The highest BCUT2D eigenvalue weighted by atomic mass is 15.1. The molecule has 1 rings (SSSR count). The molecule has 0 aromatic heterocycles. The second-order valence-corrected chi connectivity index (χ2v) is 5.56. The maximum absolute atomic E-state index is 3.65. The Balaban J connectivity index is 2.18. The maximum atomic E-state index is 3.65. The van der Waals surface area contributed by atoms with Crippen molar-refractivity contribution in [3.05, 3.63) is 0 Å². The fourth-order valence-electron chi connectivity index (χ4n) is 2.44. The molecule has 1 N–H and O–H groups in total. The molecule has 1 atom stereocenters. The Morgan fingerprint density at radius 1 is 1.29 bits per heavy atom. The Hall–Kier alpha value is -0.0800. The van der Waals surface area contributed by atoms with E-state index in [4.69, 9.17) is 0 Å². The fraction of sp³-hybridized carbons (Fsp3) is 1.00. The minimum Gasteiger partial charge on any atom is -0.312 e. The smallest absolute Gasteiger partial charge is 0.0166 e. The van der Waals surface area contributed by atoms with Gasteiger partial charge in [0.05, 0.1) is 0 Å². The summed E-state index contributed by atoms with van der Waals surface area (Å²) < 4.78 is 0. The van der Waals surface area contributed by atoms with Gasteiger partial charge < -0.3 is 10.2 Å². The summed E-state index contributed by atoms with van der Waals surface area (Å²) in [6.45, 7) is 7.03. The zero-order valence-electron chi connectivity index (χ0n) is 10.3. The summed E-state index contributed by atoms with van der Waals surface area (Å²) in [7, 11) is 4.27. The van der Waals surface area contributed by atoms with E-state index < -0.39 is 0 Å². The Morgan fingerprint density at radius 2 is 1.86 bits per heavy atom. The molecule has 0 heterocycles. The molecule has 0 bridgehead atoms. The van der Waals surface area contributed by atoms with E-state index in [0.29, 0.717) is 11.5 Å². The number of nitrogens with zero attached hydrogens (tertiary/aromatic N) is 1. The lowest BCUT2D eigenvalue weighted by Gasteiger charge is -2.27. The van der Waals surface area contributed by atoms with E-state index in [1.165, 1.54) is 32.2 Å². The molecular weight excluding hydrogens is 172 g/mol. The van der Waals surface area contributed by atoms with Gasteiger partial charge in [-0.25, -0.2) is 0 Å². The molecule has 0 aromatic rings. The summed E-state index contributed by atoms with van der Waals surface area (Å²) in [6.07, 6.45) is 5.68. The van der Waals surface area contributed by atoms with Gasteiger partial charge in [0.1, 0.15) is 0 Å². The molecule has 1 saturated carbocycles. The van der Waals surface area contributed by atoms with Gasteiger partial charge in [-0.15, -0.1) is 0 Å². The lowest BCUT2D eigenvalue weighted by molar-refractivity contribution is 0.276. The molecule has 2 nitrogen and oxygen atoms in total. The van der Waals surface area contributed by atoms with Gasteiger partial charge in [0.25, 0.3) is 0 Å². The van der Waals surface area contributed by atoms with Crippen LogP contribution in [0.4, 0.5) is 0 Å². The molecule has 1 aliphatic carbocycles. The van der Waals surface area contributed by atoms with E-state index >= 15 is 0 Å². The van der Waals surface area contributed by atoms with Crippen LogP contribution in [0.25, 0.3) is 0 Å². The predicted molar refractivity (Wildman–Crippen MR) is 62.6 cm³/mol. The average molecular weight is 198 g/mol. The van der Waals surface area contributed by atoms with Crippen LogP contribution in [0, 0.1) is 5.41 Å². The minimum atomic E-state index is 0.584. The van der Waals surface area contributed by atoms with Crippen molar-refractivity contribution in [2.45, 2.75) is 45.6 Å². The Morgan fingerprint density at radius 3 is 2.36 bits per heavy atom. The molecule has 1 unspecified atom stereocenters. The second-order valence-electron chi connectivity index (χ2n) is 5.56. The van der Waals surface area contributed by atoms with Crippen molar-refractivity contribution in [3.8, 4) is 0 Å². The molecule has 2 heteroatoms. The summed E-state index contributed by atoms with van der Waals surface area (Å²) >= 11 is 0. The Labute approximate surface area is 89.1 Å².